The van der Waals surface area contributed by atoms with Crippen LogP contribution in [-0.2, 0) is 4.74 Å². The first-order chi connectivity index (χ1) is 5.97. The van der Waals surface area contributed by atoms with Gasteiger partial charge >= 0.3 is 6.61 Å². The van der Waals surface area contributed by atoms with Crippen LogP contribution in [0, 0.1) is 5.92 Å². The maximum atomic E-state index is 13.1. The van der Waals surface area contributed by atoms with Crippen LogP contribution in [0.4, 0.5) is 13.2 Å². The third-order valence-electron chi connectivity index (χ3n) is 2.15. The molecule has 0 aromatic rings. The van der Waals surface area contributed by atoms with Crippen molar-refractivity contribution >= 4 is 0 Å². The van der Waals surface area contributed by atoms with Crippen molar-refractivity contribution in [2.75, 3.05) is 0 Å². The van der Waals surface area contributed by atoms with Crippen LogP contribution < -0.4 is 0 Å². The molecule has 0 aromatic heterocycles. The maximum Gasteiger partial charge on any atom is 0.345 e. The summed E-state index contributed by atoms with van der Waals surface area (Å²) in [6, 6.07) is 0. The molecule has 0 fully saturated rings. The second-order valence-electron chi connectivity index (χ2n) is 3.37. The fraction of sp³-hybridized carbons (Fsp3) is 1.00. The number of rotatable bonds is 6. The summed E-state index contributed by atoms with van der Waals surface area (Å²) in [7, 11) is 0. The summed E-state index contributed by atoms with van der Waals surface area (Å²) in [5.74, 6) is 0.207. The fourth-order valence-corrected chi connectivity index (χ4v) is 0.990. The Morgan fingerprint density at radius 2 is 1.69 bits per heavy atom. The molecule has 0 amide bonds. The Morgan fingerprint density at radius 1 is 1.15 bits per heavy atom. The summed E-state index contributed by atoms with van der Waals surface area (Å²) in [6.07, 6.45) is -1.19. The lowest BCUT2D eigenvalue weighted by atomic mass is 9.99. The molecule has 0 spiro atoms. The summed E-state index contributed by atoms with van der Waals surface area (Å²) < 4.78 is 40.5. The van der Waals surface area contributed by atoms with Gasteiger partial charge in [0.2, 0.25) is 0 Å². The zero-order chi connectivity index (χ0) is 10.4. The summed E-state index contributed by atoms with van der Waals surface area (Å²) in [4.78, 5) is 0. The van der Waals surface area contributed by atoms with Crippen molar-refractivity contribution in [1.82, 2.24) is 0 Å². The highest BCUT2D eigenvalue weighted by molar-refractivity contribution is 4.67. The summed E-state index contributed by atoms with van der Waals surface area (Å²) in [6.45, 7) is 2.28. The van der Waals surface area contributed by atoms with Crippen LogP contribution in [0.1, 0.15) is 33.6 Å². The van der Waals surface area contributed by atoms with E-state index in [9.17, 15) is 13.2 Å². The van der Waals surface area contributed by atoms with E-state index in [-0.39, 0.29) is 12.3 Å². The average Bonchev–Trinajstić information content (AvgIpc) is 2.02. The lowest BCUT2D eigenvalue weighted by Crippen LogP contribution is -2.26. The molecule has 0 aliphatic rings. The number of alkyl halides is 3. The van der Waals surface area contributed by atoms with E-state index in [1.54, 1.807) is 0 Å². The SMILES string of the molecule is CCC(C)CC(F)C(C)OC(F)F. The Labute approximate surface area is 77.3 Å². The molecular formula is C9H17F3O. The van der Waals surface area contributed by atoms with Crippen LogP contribution in [0.5, 0.6) is 0 Å². The van der Waals surface area contributed by atoms with E-state index >= 15 is 0 Å². The zero-order valence-electron chi connectivity index (χ0n) is 8.27. The Hall–Kier alpha value is -0.250. The Kier molecular flexibility index (Phi) is 6.12. The third-order valence-corrected chi connectivity index (χ3v) is 2.15. The van der Waals surface area contributed by atoms with Crippen molar-refractivity contribution in [2.24, 2.45) is 5.92 Å². The van der Waals surface area contributed by atoms with Crippen LogP contribution in [-0.4, -0.2) is 18.9 Å². The van der Waals surface area contributed by atoms with Gasteiger partial charge in [0.25, 0.3) is 0 Å². The molecule has 0 saturated heterocycles. The van der Waals surface area contributed by atoms with Crippen molar-refractivity contribution in [3.05, 3.63) is 0 Å². The molecule has 0 radical (unpaired) electrons. The highest BCUT2D eigenvalue weighted by atomic mass is 19.3. The highest BCUT2D eigenvalue weighted by Gasteiger charge is 2.22. The predicted octanol–water partition coefficient (Wildman–Crippen LogP) is 3.39. The van der Waals surface area contributed by atoms with Crippen LogP contribution in [0.15, 0.2) is 0 Å². The number of hydrogen-bond acceptors (Lipinski definition) is 1. The van der Waals surface area contributed by atoms with Gasteiger partial charge in [-0.2, -0.15) is 8.78 Å². The molecule has 0 aliphatic heterocycles. The molecular weight excluding hydrogens is 181 g/mol. The Bertz CT molecular complexity index is 130. The van der Waals surface area contributed by atoms with E-state index in [0.717, 1.165) is 6.42 Å². The second-order valence-corrected chi connectivity index (χ2v) is 3.37. The van der Waals surface area contributed by atoms with E-state index in [4.69, 9.17) is 0 Å². The van der Waals surface area contributed by atoms with Crippen molar-refractivity contribution < 1.29 is 17.9 Å². The molecule has 80 valence electrons. The lowest BCUT2D eigenvalue weighted by Gasteiger charge is -2.19. The lowest BCUT2D eigenvalue weighted by molar-refractivity contribution is -0.174. The molecule has 3 atom stereocenters. The van der Waals surface area contributed by atoms with Crippen LogP contribution >= 0.6 is 0 Å². The minimum absolute atomic E-state index is 0.207. The molecule has 3 unspecified atom stereocenters. The minimum Gasteiger partial charge on any atom is -0.317 e. The molecule has 0 rings (SSSR count). The van der Waals surface area contributed by atoms with Crippen molar-refractivity contribution in [3.63, 3.8) is 0 Å². The van der Waals surface area contributed by atoms with Gasteiger partial charge in [-0.25, -0.2) is 4.39 Å². The minimum atomic E-state index is -2.88. The third kappa shape index (κ3) is 5.91. The zero-order valence-corrected chi connectivity index (χ0v) is 8.27. The average molecular weight is 198 g/mol. The summed E-state index contributed by atoms with van der Waals surface area (Å²) in [5.41, 5.74) is 0. The quantitative estimate of drug-likeness (QED) is 0.635. The van der Waals surface area contributed by atoms with Crippen LogP contribution in [0.25, 0.3) is 0 Å². The summed E-state index contributed by atoms with van der Waals surface area (Å²) >= 11 is 0. The Balaban J connectivity index is 3.74. The molecule has 0 heterocycles. The smallest absolute Gasteiger partial charge is 0.317 e. The van der Waals surface area contributed by atoms with Gasteiger partial charge in [-0.05, 0) is 19.3 Å². The second kappa shape index (κ2) is 6.24. The van der Waals surface area contributed by atoms with E-state index in [1.807, 2.05) is 13.8 Å². The molecule has 4 heteroatoms. The van der Waals surface area contributed by atoms with Crippen molar-refractivity contribution in [2.45, 2.75) is 52.5 Å². The molecule has 0 aliphatic carbocycles. The van der Waals surface area contributed by atoms with Crippen LogP contribution in [0.2, 0.25) is 0 Å². The summed E-state index contributed by atoms with van der Waals surface area (Å²) in [5, 5.41) is 0. The van der Waals surface area contributed by atoms with Gasteiger partial charge in [-0.3, -0.25) is 0 Å². The van der Waals surface area contributed by atoms with Gasteiger partial charge in [0.05, 0.1) is 6.10 Å². The topological polar surface area (TPSA) is 9.23 Å². The van der Waals surface area contributed by atoms with E-state index in [0.29, 0.717) is 0 Å². The number of hydrogen-bond donors (Lipinski definition) is 0. The number of ether oxygens (including phenoxy) is 1. The van der Waals surface area contributed by atoms with E-state index < -0.39 is 18.9 Å². The molecule has 13 heavy (non-hydrogen) atoms. The molecule has 0 saturated carbocycles. The van der Waals surface area contributed by atoms with E-state index in [1.165, 1.54) is 6.92 Å². The fourth-order valence-electron chi connectivity index (χ4n) is 0.990. The van der Waals surface area contributed by atoms with Gasteiger partial charge in [0.1, 0.15) is 6.17 Å². The first-order valence-electron chi connectivity index (χ1n) is 4.55. The van der Waals surface area contributed by atoms with Gasteiger partial charge in [-0.1, -0.05) is 20.3 Å². The normalized spacial score (nSPS) is 18.7. The maximum absolute atomic E-state index is 13.1. The van der Waals surface area contributed by atoms with Crippen molar-refractivity contribution in [1.29, 1.82) is 0 Å². The molecule has 0 N–H and O–H groups in total. The molecule has 0 bridgehead atoms. The molecule has 1 nitrogen and oxygen atoms in total. The van der Waals surface area contributed by atoms with Gasteiger partial charge in [-0.15, -0.1) is 0 Å². The van der Waals surface area contributed by atoms with Crippen LogP contribution in [0.3, 0.4) is 0 Å². The van der Waals surface area contributed by atoms with E-state index in [2.05, 4.69) is 4.74 Å². The monoisotopic (exact) mass is 198 g/mol. The highest BCUT2D eigenvalue weighted by Crippen LogP contribution is 2.18. The standard InChI is InChI=1S/C9H17F3O/c1-4-6(2)5-8(10)7(3)13-9(11)12/h6-9H,4-5H2,1-3H3. The first-order valence-corrected chi connectivity index (χ1v) is 4.55. The van der Waals surface area contributed by atoms with Gasteiger partial charge in [0.15, 0.2) is 0 Å². The largest absolute Gasteiger partial charge is 0.345 e. The number of halogens is 3. The Morgan fingerprint density at radius 3 is 2.08 bits per heavy atom. The predicted molar refractivity (Wildman–Crippen MR) is 45.5 cm³/mol. The van der Waals surface area contributed by atoms with Crippen molar-refractivity contribution in [3.8, 4) is 0 Å². The molecule has 0 aromatic carbocycles. The van der Waals surface area contributed by atoms with Gasteiger partial charge < -0.3 is 4.74 Å². The van der Waals surface area contributed by atoms with Gasteiger partial charge in [0, 0.05) is 0 Å². The first kappa shape index (κ1) is 12.8.